The summed E-state index contributed by atoms with van der Waals surface area (Å²) in [5.41, 5.74) is 8.57. The number of nitrogens with zero attached hydrogens (tertiary/aromatic N) is 1. The largest absolute Gasteiger partial charge is 0.380 e. The minimum Gasteiger partial charge on any atom is -0.380 e. The lowest BCUT2D eigenvalue weighted by Gasteiger charge is -2.08. The summed E-state index contributed by atoms with van der Waals surface area (Å²) in [5.74, 6) is 0.704. The Bertz CT molecular complexity index is 557. The summed E-state index contributed by atoms with van der Waals surface area (Å²) in [6.45, 7) is 9.03. The zero-order valence-electron chi connectivity index (χ0n) is 13.5. The third-order valence-electron chi connectivity index (χ3n) is 3.73. The first-order chi connectivity index (χ1) is 10.1. The standard InChI is InChI=1S/C18H28N2O/c1-14(2)8-10-21-11-9-20-13-16(12-15(3)19)17-6-4-5-7-18(17)20/h4-7,13-15H,8-12,19H2,1-3H3. The summed E-state index contributed by atoms with van der Waals surface area (Å²) >= 11 is 0. The van der Waals surface area contributed by atoms with E-state index >= 15 is 0 Å². The van der Waals surface area contributed by atoms with Crippen molar-refractivity contribution in [3.05, 3.63) is 36.0 Å². The van der Waals surface area contributed by atoms with E-state index in [1.807, 2.05) is 0 Å². The predicted octanol–water partition coefficient (Wildman–Crippen LogP) is 3.59. The molecule has 1 aromatic heterocycles. The molecule has 1 atom stereocenters. The van der Waals surface area contributed by atoms with Crippen LogP contribution in [0.4, 0.5) is 0 Å². The van der Waals surface area contributed by atoms with Crippen LogP contribution in [0, 0.1) is 5.92 Å². The van der Waals surface area contributed by atoms with E-state index in [4.69, 9.17) is 10.5 Å². The van der Waals surface area contributed by atoms with Crippen molar-refractivity contribution in [3.63, 3.8) is 0 Å². The molecule has 2 rings (SSSR count). The molecule has 1 unspecified atom stereocenters. The van der Waals surface area contributed by atoms with E-state index in [9.17, 15) is 0 Å². The van der Waals surface area contributed by atoms with Crippen LogP contribution in [0.5, 0.6) is 0 Å². The number of benzene rings is 1. The molecule has 3 heteroatoms. The Kier molecular flexibility index (Phi) is 5.83. The molecule has 1 heterocycles. The molecule has 3 nitrogen and oxygen atoms in total. The van der Waals surface area contributed by atoms with Crippen molar-refractivity contribution in [2.24, 2.45) is 11.7 Å². The van der Waals surface area contributed by atoms with Gasteiger partial charge in [-0.1, -0.05) is 32.0 Å². The van der Waals surface area contributed by atoms with E-state index in [0.717, 1.165) is 32.6 Å². The van der Waals surface area contributed by atoms with Gasteiger partial charge in [-0.3, -0.25) is 0 Å². The van der Waals surface area contributed by atoms with Crippen molar-refractivity contribution in [3.8, 4) is 0 Å². The molecule has 0 saturated heterocycles. The van der Waals surface area contributed by atoms with Gasteiger partial charge in [-0.2, -0.15) is 0 Å². The highest BCUT2D eigenvalue weighted by Gasteiger charge is 2.09. The molecule has 0 saturated carbocycles. The van der Waals surface area contributed by atoms with E-state index in [0.29, 0.717) is 5.92 Å². The molecule has 0 spiro atoms. The van der Waals surface area contributed by atoms with Crippen molar-refractivity contribution >= 4 is 10.9 Å². The number of para-hydroxylation sites is 1. The van der Waals surface area contributed by atoms with Crippen LogP contribution in [-0.4, -0.2) is 23.8 Å². The molecule has 0 fully saturated rings. The van der Waals surface area contributed by atoms with Crippen molar-refractivity contribution in [1.29, 1.82) is 0 Å². The van der Waals surface area contributed by atoms with Crippen molar-refractivity contribution in [1.82, 2.24) is 4.57 Å². The quantitative estimate of drug-likeness (QED) is 0.754. The maximum Gasteiger partial charge on any atom is 0.0645 e. The molecular formula is C18H28N2O. The lowest BCUT2D eigenvalue weighted by molar-refractivity contribution is 0.117. The Labute approximate surface area is 128 Å². The van der Waals surface area contributed by atoms with E-state index in [1.165, 1.54) is 16.5 Å². The average Bonchev–Trinajstić information content (AvgIpc) is 2.76. The third-order valence-corrected chi connectivity index (χ3v) is 3.73. The molecule has 0 amide bonds. The number of aromatic nitrogens is 1. The van der Waals surface area contributed by atoms with E-state index in [1.54, 1.807) is 0 Å². The first-order valence-corrected chi connectivity index (χ1v) is 7.98. The maximum atomic E-state index is 5.96. The molecule has 2 aromatic rings. The molecule has 1 aromatic carbocycles. The summed E-state index contributed by atoms with van der Waals surface area (Å²) in [4.78, 5) is 0. The van der Waals surface area contributed by atoms with Gasteiger partial charge < -0.3 is 15.0 Å². The number of nitrogens with two attached hydrogens (primary N) is 1. The van der Waals surface area contributed by atoms with Gasteiger partial charge in [-0.05, 0) is 37.3 Å². The third kappa shape index (κ3) is 4.58. The summed E-state index contributed by atoms with van der Waals surface area (Å²) in [7, 11) is 0. The average molecular weight is 288 g/mol. The Morgan fingerprint density at radius 2 is 1.90 bits per heavy atom. The van der Waals surface area contributed by atoms with E-state index < -0.39 is 0 Å². The van der Waals surface area contributed by atoms with Gasteiger partial charge in [-0.25, -0.2) is 0 Å². The molecule has 0 aliphatic heterocycles. The van der Waals surface area contributed by atoms with Crippen LogP contribution in [0.2, 0.25) is 0 Å². The number of hydrogen-bond donors (Lipinski definition) is 1. The molecule has 21 heavy (non-hydrogen) atoms. The molecule has 0 bridgehead atoms. The van der Waals surface area contributed by atoms with E-state index in [2.05, 4.69) is 55.8 Å². The Morgan fingerprint density at radius 1 is 1.14 bits per heavy atom. The fraction of sp³-hybridized carbons (Fsp3) is 0.556. The smallest absolute Gasteiger partial charge is 0.0645 e. The van der Waals surface area contributed by atoms with Gasteiger partial charge in [0, 0.05) is 36.3 Å². The Morgan fingerprint density at radius 3 is 2.62 bits per heavy atom. The number of ether oxygens (including phenoxy) is 1. The highest BCUT2D eigenvalue weighted by atomic mass is 16.5. The fourth-order valence-corrected chi connectivity index (χ4v) is 2.60. The SMILES string of the molecule is CC(C)CCOCCn1cc(CC(C)N)c2ccccc21. The van der Waals surface area contributed by atoms with Gasteiger partial charge in [0.1, 0.15) is 0 Å². The molecule has 0 radical (unpaired) electrons. The molecule has 0 aliphatic rings. The van der Waals surface area contributed by atoms with Crippen molar-refractivity contribution in [2.75, 3.05) is 13.2 Å². The second-order valence-corrected chi connectivity index (χ2v) is 6.34. The molecular weight excluding hydrogens is 260 g/mol. The summed E-state index contributed by atoms with van der Waals surface area (Å²) in [5, 5.41) is 1.32. The van der Waals surface area contributed by atoms with Gasteiger partial charge in [0.05, 0.1) is 6.61 Å². The normalized spacial score (nSPS) is 13.2. The lowest BCUT2D eigenvalue weighted by atomic mass is 10.1. The Balaban J connectivity index is 2.02. The first-order valence-electron chi connectivity index (χ1n) is 7.98. The van der Waals surface area contributed by atoms with Crippen molar-refractivity contribution in [2.45, 2.75) is 46.2 Å². The topological polar surface area (TPSA) is 40.2 Å². The van der Waals surface area contributed by atoms with Crippen molar-refractivity contribution < 1.29 is 4.74 Å². The zero-order chi connectivity index (χ0) is 15.2. The number of hydrogen-bond acceptors (Lipinski definition) is 2. The van der Waals surface area contributed by atoms with Crippen LogP contribution in [0.3, 0.4) is 0 Å². The number of fused-ring (bicyclic) bond motifs is 1. The van der Waals surface area contributed by atoms with Crippen LogP contribution in [0.1, 0.15) is 32.8 Å². The summed E-state index contributed by atoms with van der Waals surface area (Å²) < 4.78 is 8.04. The molecule has 116 valence electrons. The summed E-state index contributed by atoms with van der Waals surface area (Å²) in [6, 6.07) is 8.73. The maximum absolute atomic E-state index is 5.96. The van der Waals surface area contributed by atoms with E-state index in [-0.39, 0.29) is 6.04 Å². The minimum absolute atomic E-state index is 0.187. The van der Waals surface area contributed by atoms with Gasteiger partial charge >= 0.3 is 0 Å². The molecule has 0 aliphatic carbocycles. The summed E-state index contributed by atoms with van der Waals surface area (Å²) in [6.07, 6.45) is 4.28. The van der Waals surface area contributed by atoms with Crippen LogP contribution in [0.25, 0.3) is 10.9 Å². The Hall–Kier alpha value is -1.32. The highest BCUT2D eigenvalue weighted by molar-refractivity contribution is 5.84. The van der Waals surface area contributed by atoms with Crippen LogP contribution in [0.15, 0.2) is 30.5 Å². The zero-order valence-corrected chi connectivity index (χ0v) is 13.5. The van der Waals surface area contributed by atoms with Gasteiger partial charge in [-0.15, -0.1) is 0 Å². The predicted molar refractivity (Wildman–Crippen MR) is 89.6 cm³/mol. The number of rotatable bonds is 8. The second kappa shape index (κ2) is 7.62. The second-order valence-electron chi connectivity index (χ2n) is 6.34. The van der Waals surface area contributed by atoms with Crippen LogP contribution >= 0.6 is 0 Å². The monoisotopic (exact) mass is 288 g/mol. The first kappa shape index (κ1) is 16.1. The van der Waals surface area contributed by atoms with Gasteiger partial charge in [0.25, 0.3) is 0 Å². The van der Waals surface area contributed by atoms with Gasteiger partial charge in [0.2, 0.25) is 0 Å². The van der Waals surface area contributed by atoms with Gasteiger partial charge in [0.15, 0.2) is 0 Å². The van der Waals surface area contributed by atoms with Crippen LogP contribution < -0.4 is 5.73 Å². The molecule has 2 N–H and O–H groups in total. The minimum atomic E-state index is 0.187. The van der Waals surface area contributed by atoms with Crippen LogP contribution in [-0.2, 0) is 17.7 Å². The highest BCUT2D eigenvalue weighted by Crippen LogP contribution is 2.22. The lowest BCUT2D eigenvalue weighted by Crippen LogP contribution is -2.17. The fourth-order valence-electron chi connectivity index (χ4n) is 2.60.